The third-order valence-corrected chi connectivity index (χ3v) is 12.2. The number of epoxide rings is 1. The molecule has 0 unspecified atom stereocenters. The van der Waals surface area contributed by atoms with Crippen molar-refractivity contribution in [2.24, 2.45) is 10.8 Å². The lowest BCUT2D eigenvalue weighted by Crippen LogP contribution is -2.61. The molecule has 2 aliphatic heterocycles. The van der Waals surface area contributed by atoms with E-state index in [0.717, 1.165) is 12.8 Å². The summed E-state index contributed by atoms with van der Waals surface area (Å²) in [5.41, 5.74) is -1.01. The van der Waals surface area contributed by atoms with Gasteiger partial charge >= 0.3 is 5.97 Å². The minimum Gasteiger partial charge on any atom is -0.462 e. The molecule has 0 amide bonds. The molecule has 2 saturated heterocycles. The minimum atomic E-state index is -2.18. The molecule has 7 nitrogen and oxygen atoms in total. The second-order valence-electron chi connectivity index (χ2n) is 12.7. The number of esters is 1. The predicted octanol–water partition coefficient (Wildman–Crippen LogP) is 5.49. The monoisotopic (exact) mass is 522 g/mol. The van der Waals surface area contributed by atoms with Gasteiger partial charge in [0.15, 0.2) is 14.1 Å². The number of methoxy groups -OCH3 is 1. The molecule has 2 heterocycles. The molecule has 2 rings (SSSR count). The maximum absolute atomic E-state index is 12.5. The van der Waals surface area contributed by atoms with Crippen LogP contribution in [0.1, 0.15) is 68.2 Å². The molecule has 0 aromatic carbocycles. The van der Waals surface area contributed by atoms with Crippen molar-refractivity contribution in [2.45, 2.75) is 117 Å². The molecule has 2 aliphatic rings. The van der Waals surface area contributed by atoms with Crippen molar-refractivity contribution in [3.05, 3.63) is 0 Å². The number of hydrogen-bond acceptors (Lipinski definition) is 7. The van der Waals surface area contributed by atoms with E-state index in [-0.39, 0.29) is 36.6 Å². The number of carbonyl (C=O) groups is 1. The molecule has 5 atom stereocenters. The molecule has 0 aromatic heterocycles. The van der Waals surface area contributed by atoms with Crippen LogP contribution in [0.25, 0.3) is 0 Å². The van der Waals surface area contributed by atoms with Gasteiger partial charge in [-0.1, -0.05) is 34.6 Å². The van der Waals surface area contributed by atoms with E-state index in [1.54, 1.807) is 7.11 Å². The maximum Gasteiger partial charge on any atom is 0.311 e. The van der Waals surface area contributed by atoms with Crippen molar-refractivity contribution in [1.82, 2.24) is 0 Å². The Labute approximate surface area is 212 Å². The van der Waals surface area contributed by atoms with Crippen LogP contribution in [0.4, 0.5) is 0 Å². The Morgan fingerprint density at radius 1 is 1.15 bits per heavy atom. The lowest BCUT2D eigenvalue weighted by Gasteiger charge is -2.49. The fourth-order valence-electron chi connectivity index (χ4n) is 4.10. The van der Waals surface area contributed by atoms with Gasteiger partial charge in [-0.2, -0.15) is 0 Å². The predicted molar refractivity (Wildman–Crippen MR) is 135 cm³/mol. The van der Waals surface area contributed by atoms with Crippen LogP contribution in [-0.2, 0) is 32.9 Å². The Balaban J connectivity index is 2.37. The summed E-state index contributed by atoms with van der Waals surface area (Å²) < 4.78 is 36.9. The molecule has 9 heteroatoms. The molecular formula is C25H47ClO7Si. The number of alkyl halides is 1. The summed E-state index contributed by atoms with van der Waals surface area (Å²) in [6.45, 7) is 21.0. The highest BCUT2D eigenvalue weighted by atomic mass is 35.5. The molecule has 0 bridgehead atoms. The highest BCUT2D eigenvalue weighted by Crippen LogP contribution is 2.62. The maximum atomic E-state index is 12.5. The fraction of sp³-hybridized carbons (Fsp3) is 0.960. The molecule has 34 heavy (non-hydrogen) atoms. The first-order chi connectivity index (χ1) is 15.4. The summed E-state index contributed by atoms with van der Waals surface area (Å²) in [5, 5.41) is 0.0158. The molecule has 0 N–H and O–H groups in total. The highest BCUT2D eigenvalue weighted by molar-refractivity contribution is 6.74. The quantitative estimate of drug-likeness (QED) is 0.117. The zero-order chi connectivity index (χ0) is 26.2. The normalized spacial score (nSPS) is 29.9. The topological polar surface area (TPSA) is 75.8 Å². The van der Waals surface area contributed by atoms with Crippen LogP contribution in [0, 0.1) is 10.8 Å². The van der Waals surface area contributed by atoms with Crippen molar-refractivity contribution >= 4 is 25.9 Å². The zero-order valence-electron chi connectivity index (χ0n) is 23.1. The first-order valence-electron chi connectivity index (χ1n) is 12.3. The Kier molecular flexibility index (Phi) is 9.39. The Hall–Kier alpha value is -0.223. The lowest BCUT2D eigenvalue weighted by molar-refractivity contribution is -0.219. The summed E-state index contributed by atoms with van der Waals surface area (Å²) in [4.78, 5) is 12.5. The number of carbonyl (C=O) groups excluding carboxylic acids is 1. The number of rotatable bonds is 11. The van der Waals surface area contributed by atoms with Crippen LogP contribution in [-0.4, -0.2) is 70.9 Å². The van der Waals surface area contributed by atoms with Crippen LogP contribution in [0.3, 0.4) is 0 Å². The third kappa shape index (κ3) is 6.18. The molecule has 0 saturated carbocycles. The van der Waals surface area contributed by atoms with E-state index < -0.39 is 37.1 Å². The summed E-state index contributed by atoms with van der Waals surface area (Å²) in [6.07, 6.45) is 0.0543. The molecule has 200 valence electrons. The van der Waals surface area contributed by atoms with Crippen molar-refractivity contribution in [3.8, 4) is 0 Å². The van der Waals surface area contributed by atoms with E-state index in [4.69, 9.17) is 39.7 Å². The summed E-state index contributed by atoms with van der Waals surface area (Å²) in [5.74, 6) is -0.541. The van der Waals surface area contributed by atoms with E-state index in [1.165, 1.54) is 0 Å². The number of halogens is 1. The van der Waals surface area contributed by atoms with Crippen molar-refractivity contribution in [2.75, 3.05) is 26.4 Å². The number of ether oxygens (including phenoxy) is 5. The van der Waals surface area contributed by atoms with E-state index in [2.05, 4.69) is 47.7 Å². The smallest absolute Gasteiger partial charge is 0.311 e. The first-order valence-corrected chi connectivity index (χ1v) is 15.8. The van der Waals surface area contributed by atoms with E-state index in [9.17, 15) is 4.79 Å². The lowest BCUT2D eigenvalue weighted by atomic mass is 9.74. The second kappa shape index (κ2) is 10.6. The van der Waals surface area contributed by atoms with Gasteiger partial charge in [-0.25, -0.2) is 0 Å². The van der Waals surface area contributed by atoms with Gasteiger partial charge in [-0.15, -0.1) is 11.6 Å². The van der Waals surface area contributed by atoms with E-state index in [0.29, 0.717) is 5.88 Å². The van der Waals surface area contributed by atoms with Gasteiger partial charge in [0.05, 0.1) is 11.5 Å². The molecule has 2 fully saturated rings. The molecule has 0 spiro atoms. The standard InChI is InChI=1S/C25H47ClO7Si/c1-22(2,3)21(27)29-15-17(30-16-28-9)19-20-25(32-20,33-34(10,11)23(4,5)6)24(7,8)18(31-19)13-12-14-26/h17-20H,12-16H2,1-11H3/t17-,18-,19-,20+,25-/m1/s1. The number of hydrogen-bond donors (Lipinski definition) is 0. The largest absolute Gasteiger partial charge is 0.462 e. The Bertz CT molecular complexity index is 700. The fourth-order valence-corrected chi connectivity index (χ4v) is 5.75. The summed E-state index contributed by atoms with van der Waals surface area (Å²) in [7, 11) is -0.621. The number of fused-ring (bicyclic) bond motifs is 1. The van der Waals surface area contributed by atoms with Gasteiger partial charge in [-0.3, -0.25) is 4.79 Å². The average Bonchev–Trinajstić information content (AvgIpc) is 3.42. The van der Waals surface area contributed by atoms with Crippen LogP contribution < -0.4 is 0 Å². The van der Waals surface area contributed by atoms with E-state index >= 15 is 0 Å². The second-order valence-corrected chi connectivity index (χ2v) is 17.8. The SMILES string of the molecule is COCO[C@H](COC(=O)C(C)(C)C)[C@H]1O[C@H](CCCCl)C(C)(C)[C@@]2(O[Si](C)(C)C(C)(C)C)O[C@@H]12. The molecule has 0 aliphatic carbocycles. The van der Waals surface area contributed by atoms with Gasteiger partial charge in [0, 0.05) is 18.4 Å². The first kappa shape index (κ1) is 30.0. The van der Waals surface area contributed by atoms with Gasteiger partial charge in [-0.05, 0) is 51.7 Å². The van der Waals surface area contributed by atoms with Crippen LogP contribution in [0.2, 0.25) is 18.1 Å². The van der Waals surface area contributed by atoms with Gasteiger partial charge in [0.25, 0.3) is 0 Å². The van der Waals surface area contributed by atoms with Gasteiger partial charge in [0.1, 0.15) is 31.7 Å². The van der Waals surface area contributed by atoms with Crippen molar-refractivity contribution < 1.29 is 32.9 Å². The van der Waals surface area contributed by atoms with Crippen LogP contribution >= 0.6 is 11.6 Å². The van der Waals surface area contributed by atoms with Gasteiger partial charge < -0.3 is 28.1 Å². The van der Waals surface area contributed by atoms with Crippen LogP contribution in [0.5, 0.6) is 0 Å². The molecular weight excluding hydrogens is 476 g/mol. The Morgan fingerprint density at radius 2 is 1.76 bits per heavy atom. The highest BCUT2D eigenvalue weighted by Gasteiger charge is 2.77. The Morgan fingerprint density at radius 3 is 2.26 bits per heavy atom. The van der Waals surface area contributed by atoms with E-state index in [1.807, 2.05) is 20.8 Å². The van der Waals surface area contributed by atoms with Crippen molar-refractivity contribution in [1.29, 1.82) is 0 Å². The summed E-state index contributed by atoms with van der Waals surface area (Å²) >= 11 is 6.05. The van der Waals surface area contributed by atoms with Gasteiger partial charge in [0.2, 0.25) is 0 Å². The minimum absolute atomic E-state index is 0.0158. The third-order valence-electron chi connectivity index (χ3n) is 7.51. The molecule has 0 radical (unpaired) electrons. The average molecular weight is 523 g/mol. The molecule has 0 aromatic rings. The van der Waals surface area contributed by atoms with Crippen LogP contribution in [0.15, 0.2) is 0 Å². The summed E-state index contributed by atoms with van der Waals surface area (Å²) in [6, 6.07) is 0. The van der Waals surface area contributed by atoms with Crippen molar-refractivity contribution in [3.63, 3.8) is 0 Å². The zero-order valence-corrected chi connectivity index (χ0v) is 24.8.